The topological polar surface area (TPSA) is 122 Å². The monoisotopic (exact) mass is 485 g/mol. The van der Waals surface area contributed by atoms with Gasteiger partial charge in [-0.15, -0.1) is 0 Å². The zero-order valence-corrected chi connectivity index (χ0v) is 18.8. The fourth-order valence-corrected chi connectivity index (χ4v) is 3.10. The van der Waals surface area contributed by atoms with Crippen LogP contribution in [0.3, 0.4) is 0 Å². The average molecular weight is 485 g/mol. The molecule has 3 N–H and O–H groups in total. The number of hydrogen-bond acceptors (Lipinski definition) is 8. The van der Waals surface area contributed by atoms with Crippen LogP contribution in [0.4, 0.5) is 18.9 Å². The molecule has 0 saturated carbocycles. The van der Waals surface area contributed by atoms with E-state index in [1.807, 2.05) is 6.92 Å². The fourth-order valence-electron chi connectivity index (χ4n) is 3.10. The molecule has 1 aromatic rings. The highest BCUT2D eigenvalue weighted by molar-refractivity contribution is 5.98. The second-order valence-corrected chi connectivity index (χ2v) is 7.75. The zero-order chi connectivity index (χ0) is 25.6. The van der Waals surface area contributed by atoms with Gasteiger partial charge in [0.2, 0.25) is 0 Å². The molecule has 11 heteroatoms. The summed E-state index contributed by atoms with van der Waals surface area (Å²) in [6.45, 7) is 5.46. The standard InChI is InChI=1S/C23H26F3NO7/c1-4-27-15-10-14-6-5-7-18(34-22(32)23(24,25)26)20(30)16(28)9-8-12(2)13(3)33-21(31)19(14)17(29)11-15/h5-6,8-13,18,20,27,29-30H,4,7H2,1-3H3/b6-5?,9-8-/t12-,13+,18+,20-/m1/s1. The average Bonchev–Trinajstić information content (AvgIpc) is 2.74. The molecule has 0 fully saturated rings. The molecule has 0 radical (unpaired) electrons. The van der Waals surface area contributed by atoms with E-state index in [2.05, 4.69) is 10.1 Å². The maximum atomic E-state index is 12.8. The molecule has 2 rings (SSSR count). The SMILES string of the molecule is CCNc1cc(O)c2c(c1)C=CC[C@H](OC(=O)C(F)(F)F)[C@H](O)C(=O)/C=C\[C@@H](C)[C@H](C)OC2=O. The summed E-state index contributed by atoms with van der Waals surface area (Å²) in [6.07, 6.45) is -5.75. The smallest absolute Gasteiger partial charge is 0.490 e. The summed E-state index contributed by atoms with van der Waals surface area (Å²) in [6, 6.07) is 2.83. The Bertz CT molecular complexity index is 988. The number of rotatable bonds is 3. The van der Waals surface area contributed by atoms with Crippen LogP contribution < -0.4 is 5.32 Å². The van der Waals surface area contributed by atoms with E-state index in [0.29, 0.717) is 12.2 Å². The highest BCUT2D eigenvalue weighted by atomic mass is 19.4. The van der Waals surface area contributed by atoms with Crippen molar-refractivity contribution in [1.29, 1.82) is 0 Å². The van der Waals surface area contributed by atoms with Gasteiger partial charge in [0.25, 0.3) is 0 Å². The first-order valence-corrected chi connectivity index (χ1v) is 10.5. The van der Waals surface area contributed by atoms with Crippen LogP contribution >= 0.6 is 0 Å². The van der Waals surface area contributed by atoms with Gasteiger partial charge in [-0.3, -0.25) is 4.79 Å². The highest BCUT2D eigenvalue weighted by Crippen LogP contribution is 2.30. The number of aliphatic hydroxyl groups is 1. The van der Waals surface area contributed by atoms with E-state index < -0.39 is 54.5 Å². The second-order valence-electron chi connectivity index (χ2n) is 7.75. The number of aliphatic hydroxyl groups excluding tert-OH is 1. The number of ether oxygens (including phenoxy) is 2. The first kappa shape index (κ1) is 26.9. The molecule has 0 unspecified atom stereocenters. The number of phenolic OH excluding ortho intramolecular Hbond substituents is 1. The van der Waals surface area contributed by atoms with Crippen molar-refractivity contribution in [2.45, 2.75) is 51.7 Å². The van der Waals surface area contributed by atoms with Gasteiger partial charge in [-0.05, 0) is 31.6 Å². The number of ketones is 1. The van der Waals surface area contributed by atoms with Crippen LogP contribution in [0, 0.1) is 5.92 Å². The van der Waals surface area contributed by atoms with E-state index in [-0.39, 0.29) is 16.9 Å². The molecule has 186 valence electrons. The highest BCUT2D eigenvalue weighted by Gasteiger charge is 2.43. The van der Waals surface area contributed by atoms with Gasteiger partial charge in [-0.2, -0.15) is 13.2 Å². The predicted molar refractivity (Wildman–Crippen MR) is 116 cm³/mol. The lowest BCUT2D eigenvalue weighted by Gasteiger charge is -2.22. The van der Waals surface area contributed by atoms with E-state index >= 15 is 0 Å². The summed E-state index contributed by atoms with van der Waals surface area (Å²) >= 11 is 0. The van der Waals surface area contributed by atoms with E-state index in [1.165, 1.54) is 30.4 Å². The van der Waals surface area contributed by atoms with Gasteiger partial charge in [-0.25, -0.2) is 9.59 Å². The summed E-state index contributed by atoms with van der Waals surface area (Å²) < 4.78 is 47.9. The van der Waals surface area contributed by atoms with Crippen LogP contribution in [0.25, 0.3) is 6.08 Å². The Morgan fingerprint density at radius 3 is 2.53 bits per heavy atom. The van der Waals surface area contributed by atoms with Crippen LogP contribution in [0.5, 0.6) is 5.75 Å². The van der Waals surface area contributed by atoms with E-state index in [0.717, 1.165) is 6.08 Å². The fraction of sp³-hybridized carbons (Fsp3) is 0.435. The maximum Gasteiger partial charge on any atom is 0.490 e. The van der Waals surface area contributed by atoms with Crippen molar-refractivity contribution in [2.75, 3.05) is 11.9 Å². The van der Waals surface area contributed by atoms with Crippen molar-refractivity contribution in [3.63, 3.8) is 0 Å². The minimum Gasteiger partial charge on any atom is -0.507 e. The van der Waals surface area contributed by atoms with Gasteiger partial charge in [0.05, 0.1) is 0 Å². The Morgan fingerprint density at radius 1 is 1.24 bits per heavy atom. The van der Waals surface area contributed by atoms with E-state index in [4.69, 9.17) is 4.74 Å². The Balaban J connectivity index is 2.55. The first-order valence-electron chi connectivity index (χ1n) is 10.5. The first-order chi connectivity index (χ1) is 15.8. The molecule has 1 aliphatic rings. The van der Waals surface area contributed by atoms with Crippen LogP contribution in [0.15, 0.2) is 30.4 Å². The van der Waals surface area contributed by atoms with Crippen molar-refractivity contribution in [1.82, 2.24) is 0 Å². The number of carbonyl (C=O) groups excluding carboxylic acids is 3. The molecule has 0 saturated heterocycles. The Kier molecular flexibility index (Phi) is 8.86. The minimum atomic E-state index is -5.33. The molecule has 1 aromatic carbocycles. The summed E-state index contributed by atoms with van der Waals surface area (Å²) in [7, 11) is 0. The number of hydrogen-bond donors (Lipinski definition) is 3. The molecule has 34 heavy (non-hydrogen) atoms. The number of esters is 2. The quantitative estimate of drug-likeness (QED) is 0.557. The molecule has 0 bridgehead atoms. The third-order valence-electron chi connectivity index (χ3n) is 5.13. The third kappa shape index (κ3) is 6.83. The molecule has 0 spiro atoms. The molecule has 8 nitrogen and oxygen atoms in total. The lowest BCUT2D eigenvalue weighted by Crippen LogP contribution is -2.40. The molecule has 0 aromatic heterocycles. The van der Waals surface area contributed by atoms with Gasteiger partial charge in [0.15, 0.2) is 11.9 Å². The van der Waals surface area contributed by atoms with Crippen molar-refractivity contribution in [3.05, 3.63) is 41.5 Å². The number of nitrogens with one attached hydrogen (secondary N) is 1. The molecular formula is C23H26F3NO7. The van der Waals surface area contributed by atoms with Gasteiger partial charge in [0, 0.05) is 30.6 Å². The van der Waals surface area contributed by atoms with Gasteiger partial charge in [-0.1, -0.05) is 25.2 Å². The summed E-state index contributed by atoms with van der Waals surface area (Å²) in [5, 5.41) is 23.7. The molecular weight excluding hydrogens is 459 g/mol. The second kappa shape index (κ2) is 11.2. The Labute approximate surface area is 194 Å². The largest absolute Gasteiger partial charge is 0.507 e. The van der Waals surface area contributed by atoms with Gasteiger partial charge in [0.1, 0.15) is 23.5 Å². The predicted octanol–water partition coefficient (Wildman–Crippen LogP) is 3.38. The number of cyclic esters (lactones) is 1. The minimum absolute atomic E-state index is 0.162. The van der Waals surface area contributed by atoms with Crippen molar-refractivity contribution in [2.24, 2.45) is 5.92 Å². The lowest BCUT2D eigenvalue weighted by atomic mass is 9.99. The molecule has 1 heterocycles. The van der Waals surface area contributed by atoms with Gasteiger partial charge >= 0.3 is 18.1 Å². The lowest BCUT2D eigenvalue weighted by molar-refractivity contribution is -0.208. The van der Waals surface area contributed by atoms with Crippen molar-refractivity contribution in [3.8, 4) is 5.75 Å². The number of anilines is 1. The number of phenols is 1. The Morgan fingerprint density at radius 2 is 1.91 bits per heavy atom. The van der Waals surface area contributed by atoms with Crippen LogP contribution in [-0.4, -0.2) is 59.0 Å². The van der Waals surface area contributed by atoms with E-state index in [1.54, 1.807) is 13.8 Å². The molecule has 4 atom stereocenters. The molecule has 1 aliphatic heterocycles. The zero-order valence-electron chi connectivity index (χ0n) is 18.8. The number of carbonyl (C=O) groups is 3. The number of benzene rings is 1. The van der Waals surface area contributed by atoms with Crippen molar-refractivity contribution < 1.29 is 47.2 Å². The van der Waals surface area contributed by atoms with Crippen LogP contribution in [0.2, 0.25) is 0 Å². The van der Waals surface area contributed by atoms with Crippen LogP contribution in [-0.2, 0) is 19.1 Å². The third-order valence-corrected chi connectivity index (χ3v) is 5.13. The van der Waals surface area contributed by atoms with Crippen LogP contribution in [0.1, 0.15) is 43.1 Å². The van der Waals surface area contributed by atoms with Gasteiger partial charge < -0.3 is 25.0 Å². The van der Waals surface area contributed by atoms with Crippen molar-refractivity contribution >= 4 is 29.5 Å². The Hall–Kier alpha value is -3.34. The summed E-state index contributed by atoms with van der Waals surface area (Å²) in [5.41, 5.74) is 0.436. The summed E-state index contributed by atoms with van der Waals surface area (Å²) in [4.78, 5) is 36.5. The number of aromatic hydroxyl groups is 1. The normalized spacial score (nSPS) is 25.0. The number of fused-ring (bicyclic) bond motifs is 1. The van der Waals surface area contributed by atoms with E-state index in [9.17, 15) is 37.8 Å². The number of alkyl halides is 3. The summed E-state index contributed by atoms with van der Waals surface area (Å²) in [5.74, 6) is -5.32. The molecule has 0 amide bonds. The maximum absolute atomic E-state index is 12.8. The molecule has 0 aliphatic carbocycles. The number of halogens is 3.